The molecular formula is C22H15N3O. The van der Waals surface area contributed by atoms with Crippen LogP contribution in [0.15, 0.2) is 90.0 Å². The molecule has 0 saturated carbocycles. The third-order valence-electron chi connectivity index (χ3n) is 4.30. The number of hydrogen-bond donors (Lipinski definition) is 1. The summed E-state index contributed by atoms with van der Waals surface area (Å²) in [4.78, 5) is 16.4. The first-order valence-electron chi connectivity index (χ1n) is 8.23. The number of H-pyrrole nitrogens is 1. The van der Waals surface area contributed by atoms with E-state index in [1.165, 1.54) is 0 Å². The second kappa shape index (κ2) is 6.58. The van der Waals surface area contributed by atoms with Gasteiger partial charge in [-0.1, -0.05) is 36.4 Å². The van der Waals surface area contributed by atoms with Gasteiger partial charge in [0.05, 0.1) is 11.6 Å². The molecule has 0 unspecified atom stereocenters. The molecule has 4 heteroatoms. The minimum Gasteiger partial charge on any atom is -0.361 e. The summed E-state index contributed by atoms with van der Waals surface area (Å²) < 4.78 is 1.62. The van der Waals surface area contributed by atoms with Crippen LogP contribution in [0.4, 0.5) is 0 Å². The van der Waals surface area contributed by atoms with Gasteiger partial charge < -0.3 is 4.98 Å². The molecule has 0 amide bonds. The molecule has 0 radical (unpaired) electrons. The molecule has 4 rings (SSSR count). The lowest BCUT2D eigenvalue weighted by atomic mass is 9.99. The summed E-state index contributed by atoms with van der Waals surface area (Å²) in [5, 5.41) is 9.45. The van der Waals surface area contributed by atoms with Crippen LogP contribution in [0.1, 0.15) is 5.56 Å². The number of nitriles is 1. The third-order valence-corrected chi connectivity index (χ3v) is 4.30. The van der Waals surface area contributed by atoms with Gasteiger partial charge >= 0.3 is 0 Å². The van der Waals surface area contributed by atoms with Crippen LogP contribution in [0.2, 0.25) is 0 Å². The molecule has 1 N–H and O–H groups in total. The van der Waals surface area contributed by atoms with E-state index in [4.69, 9.17) is 0 Å². The van der Waals surface area contributed by atoms with E-state index in [1.54, 1.807) is 16.7 Å². The second-order valence-electron chi connectivity index (χ2n) is 5.89. The quantitative estimate of drug-likeness (QED) is 0.603. The number of aromatic nitrogens is 2. The second-order valence-corrected chi connectivity index (χ2v) is 5.89. The summed E-state index contributed by atoms with van der Waals surface area (Å²) in [5.41, 5.74) is 4.02. The van der Waals surface area contributed by atoms with E-state index in [2.05, 4.69) is 11.1 Å². The smallest absolute Gasteiger partial charge is 0.263 e. The summed E-state index contributed by atoms with van der Waals surface area (Å²) in [6.45, 7) is 0. The van der Waals surface area contributed by atoms with Gasteiger partial charge in [-0.15, -0.1) is 0 Å². The lowest BCUT2D eigenvalue weighted by molar-refractivity contribution is 0.994. The fourth-order valence-corrected chi connectivity index (χ4v) is 3.03. The van der Waals surface area contributed by atoms with Gasteiger partial charge in [0.1, 0.15) is 0 Å². The number of nitrogens with zero attached hydrogens (tertiary/aromatic N) is 2. The summed E-state index contributed by atoms with van der Waals surface area (Å²) in [5.74, 6) is 0. The summed E-state index contributed by atoms with van der Waals surface area (Å²) in [7, 11) is 0. The number of rotatable bonds is 3. The Morgan fingerprint density at radius 1 is 0.885 bits per heavy atom. The summed E-state index contributed by atoms with van der Waals surface area (Å²) >= 11 is 0. The van der Waals surface area contributed by atoms with Crippen molar-refractivity contribution in [2.75, 3.05) is 0 Å². The molecule has 0 aliphatic heterocycles. The van der Waals surface area contributed by atoms with E-state index in [-0.39, 0.29) is 5.56 Å². The maximum Gasteiger partial charge on any atom is 0.263 e. The van der Waals surface area contributed by atoms with Crippen LogP contribution in [-0.4, -0.2) is 9.55 Å². The van der Waals surface area contributed by atoms with Crippen LogP contribution in [0, 0.1) is 11.3 Å². The predicted molar refractivity (Wildman–Crippen MR) is 102 cm³/mol. The monoisotopic (exact) mass is 337 g/mol. The van der Waals surface area contributed by atoms with Crippen LogP contribution < -0.4 is 5.56 Å². The number of nitrogens with one attached hydrogen (secondary N) is 1. The Morgan fingerprint density at radius 3 is 2.38 bits per heavy atom. The average molecular weight is 337 g/mol. The van der Waals surface area contributed by atoms with Gasteiger partial charge in [0.15, 0.2) is 0 Å². The highest BCUT2D eigenvalue weighted by molar-refractivity contribution is 5.74. The molecule has 0 aliphatic rings. The summed E-state index contributed by atoms with van der Waals surface area (Å²) in [6, 6.07) is 24.5. The molecule has 2 aromatic heterocycles. The summed E-state index contributed by atoms with van der Waals surface area (Å²) in [6.07, 6.45) is 3.66. The maximum absolute atomic E-state index is 13.2. The first-order chi connectivity index (χ1) is 12.8. The molecule has 0 spiro atoms. The zero-order chi connectivity index (χ0) is 17.9. The minimum atomic E-state index is -0.158. The third kappa shape index (κ3) is 2.72. The molecule has 4 nitrogen and oxygen atoms in total. The Labute approximate surface area is 150 Å². The Bertz CT molecular complexity index is 1150. The highest BCUT2D eigenvalue weighted by atomic mass is 16.1. The van der Waals surface area contributed by atoms with E-state index >= 15 is 0 Å². The molecule has 0 fully saturated rings. The van der Waals surface area contributed by atoms with Crippen molar-refractivity contribution in [1.29, 1.82) is 5.26 Å². The predicted octanol–water partition coefficient (Wildman–Crippen LogP) is 4.37. The topological polar surface area (TPSA) is 61.6 Å². The Morgan fingerprint density at radius 2 is 1.65 bits per heavy atom. The number of pyridine rings is 1. The maximum atomic E-state index is 13.2. The molecule has 0 saturated heterocycles. The molecule has 0 aliphatic carbocycles. The van der Waals surface area contributed by atoms with Crippen molar-refractivity contribution in [3.8, 4) is 34.1 Å². The van der Waals surface area contributed by atoms with E-state index in [1.807, 2.05) is 73.1 Å². The molecule has 2 aromatic carbocycles. The van der Waals surface area contributed by atoms with Gasteiger partial charge in [-0.2, -0.15) is 5.26 Å². The van der Waals surface area contributed by atoms with Gasteiger partial charge in [0, 0.05) is 40.5 Å². The van der Waals surface area contributed by atoms with Crippen molar-refractivity contribution in [3.63, 3.8) is 0 Å². The van der Waals surface area contributed by atoms with Crippen LogP contribution in [0.25, 0.3) is 28.1 Å². The first kappa shape index (κ1) is 15.7. The molecule has 0 bridgehead atoms. The van der Waals surface area contributed by atoms with E-state index in [0.29, 0.717) is 16.7 Å². The Balaban J connectivity index is 2.04. The lowest BCUT2D eigenvalue weighted by Crippen LogP contribution is -2.20. The zero-order valence-corrected chi connectivity index (χ0v) is 13.9. The van der Waals surface area contributed by atoms with Gasteiger partial charge in [-0.3, -0.25) is 9.36 Å². The van der Waals surface area contributed by atoms with Crippen LogP contribution in [0.3, 0.4) is 0 Å². The zero-order valence-electron chi connectivity index (χ0n) is 13.9. The van der Waals surface area contributed by atoms with Gasteiger partial charge in [0.2, 0.25) is 0 Å². The molecule has 2 heterocycles. The van der Waals surface area contributed by atoms with Crippen LogP contribution >= 0.6 is 0 Å². The van der Waals surface area contributed by atoms with Crippen LogP contribution in [-0.2, 0) is 0 Å². The van der Waals surface area contributed by atoms with Gasteiger partial charge in [0.25, 0.3) is 5.56 Å². The lowest BCUT2D eigenvalue weighted by Gasteiger charge is -2.12. The minimum absolute atomic E-state index is 0.158. The SMILES string of the molecule is N#Cc1ccccc1-c1cc(-c2ccc[nH]2)cn(-c2ccccc2)c1=O. The largest absolute Gasteiger partial charge is 0.361 e. The first-order valence-corrected chi connectivity index (χ1v) is 8.23. The highest BCUT2D eigenvalue weighted by Crippen LogP contribution is 2.26. The van der Waals surface area contributed by atoms with Crippen LogP contribution in [0.5, 0.6) is 0 Å². The standard InChI is InChI=1S/C22H15N3O/c23-14-16-7-4-5-10-19(16)20-13-17(21-11-6-12-24-21)15-25(22(20)26)18-8-2-1-3-9-18/h1-13,15,24H. The number of para-hydroxylation sites is 1. The number of hydrogen-bond acceptors (Lipinski definition) is 2. The highest BCUT2D eigenvalue weighted by Gasteiger charge is 2.14. The van der Waals surface area contributed by atoms with Crippen molar-refractivity contribution < 1.29 is 0 Å². The Hall–Kier alpha value is -3.84. The average Bonchev–Trinajstić information content (AvgIpc) is 3.24. The van der Waals surface area contributed by atoms with Crippen molar-refractivity contribution in [3.05, 3.63) is 101 Å². The molecule has 124 valence electrons. The van der Waals surface area contributed by atoms with Crippen molar-refractivity contribution in [2.24, 2.45) is 0 Å². The fourth-order valence-electron chi connectivity index (χ4n) is 3.03. The normalized spacial score (nSPS) is 10.4. The van der Waals surface area contributed by atoms with E-state index in [9.17, 15) is 10.1 Å². The van der Waals surface area contributed by atoms with E-state index in [0.717, 1.165) is 16.9 Å². The Kier molecular flexibility index (Phi) is 3.97. The molecule has 4 aromatic rings. The van der Waals surface area contributed by atoms with Crippen molar-refractivity contribution in [2.45, 2.75) is 0 Å². The van der Waals surface area contributed by atoms with Crippen molar-refractivity contribution >= 4 is 0 Å². The number of benzene rings is 2. The van der Waals surface area contributed by atoms with Gasteiger partial charge in [-0.05, 0) is 36.4 Å². The van der Waals surface area contributed by atoms with Gasteiger partial charge in [-0.25, -0.2) is 0 Å². The van der Waals surface area contributed by atoms with E-state index < -0.39 is 0 Å². The number of aromatic amines is 1. The molecule has 0 atom stereocenters. The molecular weight excluding hydrogens is 322 g/mol. The fraction of sp³-hybridized carbons (Fsp3) is 0. The molecule has 26 heavy (non-hydrogen) atoms. The van der Waals surface area contributed by atoms with Crippen molar-refractivity contribution in [1.82, 2.24) is 9.55 Å².